The zero-order valence-corrected chi connectivity index (χ0v) is 63.6. The number of thiol groups is 2. The maximum atomic E-state index is 15.2. The number of para-hydroxylation sites is 1. The van der Waals surface area contributed by atoms with Gasteiger partial charge < -0.3 is 107 Å². The molecule has 37 nitrogen and oxygen atoms in total. The number of H-pyrrole nitrogens is 1. The zero-order valence-electron chi connectivity index (χ0n) is 61.8. The minimum Gasteiger partial charge on any atom is -0.508 e. The third kappa shape index (κ3) is 29.8. The topological polar surface area (TPSA) is 615 Å². The van der Waals surface area contributed by atoms with Gasteiger partial charge in [-0.3, -0.25) is 81.5 Å². The molecule has 0 radical (unpaired) electrons. The summed E-state index contributed by atoms with van der Waals surface area (Å²) in [6, 6.07) is 5.98. The number of carbonyl (C=O) groups is 17. The number of phenolic OH excluding ortho intramolecular Hbond substituents is 1. The lowest BCUT2D eigenvalue weighted by molar-refractivity contribution is -0.139. The van der Waals surface area contributed by atoms with Crippen LogP contribution >= 0.6 is 25.3 Å². The zero-order chi connectivity index (χ0) is 83.1. The largest absolute Gasteiger partial charge is 0.508 e. The van der Waals surface area contributed by atoms with Crippen LogP contribution in [0.25, 0.3) is 21.7 Å². The Labute approximate surface area is 653 Å². The molecule has 16 amide bonds. The number of amides is 16. The number of fused-ring (bicyclic) bond motifs is 2. The van der Waals surface area contributed by atoms with Gasteiger partial charge in [0.05, 0.1) is 19.1 Å². The van der Waals surface area contributed by atoms with Crippen molar-refractivity contribution in [2.45, 2.75) is 177 Å². The molecule has 0 aliphatic heterocycles. The number of phenols is 1. The minimum atomic E-state index is -1.92. The maximum absolute atomic E-state index is 15.2. The first kappa shape index (κ1) is 90.7. The Morgan fingerprint density at radius 2 is 0.830 bits per heavy atom. The highest BCUT2D eigenvalue weighted by atomic mass is 32.1. The van der Waals surface area contributed by atoms with Crippen molar-refractivity contribution in [2.24, 2.45) is 28.9 Å². The van der Waals surface area contributed by atoms with E-state index in [1.807, 2.05) is 0 Å². The molecule has 0 bridgehead atoms. The van der Waals surface area contributed by atoms with Gasteiger partial charge in [0.2, 0.25) is 94.5 Å². The molecule has 0 aliphatic carbocycles. The van der Waals surface area contributed by atoms with Crippen LogP contribution in [0.3, 0.4) is 0 Å². The molecule has 12 atom stereocenters. The lowest BCUT2D eigenvalue weighted by Gasteiger charge is -2.29. The number of primary amides is 4. The quantitative estimate of drug-likeness (QED) is 0.0165. The van der Waals surface area contributed by atoms with Crippen molar-refractivity contribution in [2.75, 3.05) is 18.1 Å². The smallest absolute Gasteiger partial charge is 0.303 e. The fourth-order valence-corrected chi connectivity index (χ4v) is 12.1. The summed E-state index contributed by atoms with van der Waals surface area (Å²) in [6.07, 6.45) is -5.34. The molecule has 606 valence electrons. The normalized spacial score (nSPS) is 14.3. The van der Waals surface area contributed by atoms with Crippen molar-refractivity contribution in [1.82, 2.24) is 68.8 Å². The van der Waals surface area contributed by atoms with Crippen LogP contribution in [-0.4, -0.2) is 211 Å². The molecule has 5 rings (SSSR count). The molecule has 0 aliphatic rings. The average molecular weight is 1600 g/mol. The highest BCUT2D eigenvalue weighted by molar-refractivity contribution is 7.80. The number of aromatic hydroxyl groups is 1. The molecular formula is C73H97N17O20S2. The molecule has 0 saturated heterocycles. The van der Waals surface area contributed by atoms with Gasteiger partial charge in [0, 0.05) is 74.1 Å². The Kier molecular flexibility index (Phi) is 36.2. The monoisotopic (exact) mass is 1600 g/mol. The van der Waals surface area contributed by atoms with Crippen LogP contribution in [0.5, 0.6) is 5.75 Å². The summed E-state index contributed by atoms with van der Waals surface area (Å²) < 4.78 is 0. The Balaban J connectivity index is 1.49. The van der Waals surface area contributed by atoms with Crippen LogP contribution in [-0.2, 0) is 101 Å². The van der Waals surface area contributed by atoms with Crippen LogP contribution in [0.2, 0.25) is 0 Å². The van der Waals surface area contributed by atoms with Gasteiger partial charge in [0.15, 0.2) is 0 Å². The Bertz CT molecular complexity index is 4230. The standard InChI is InChI=1S/C73H97N17O20S2/c1-36(2)16-21-47(64(101)81-50(24-27-61(98)99)65(102)87-54(31-59(76)96)63(100)79-33-60(77)97)82-69(106)52(29-41-12-9-11-40-10-5-6-13-44(40)41)86-68(105)51(28-39-17-19-43(93)20-18-39)85-72(109)56(35-112)89-66(103)48(22-25-57(74)94)83-70(107)53(30-42-32-78-46-15-8-7-14-45(42)46)88-73(110)62(37(3)91)90-67(104)49(23-26-58(75)95)84-71(108)55(34-111)80-38(4)92/h5-15,17-20,32,36-37,47-56,62,78,91,93,111-112H,16,21-31,33-35H2,1-4H3,(H2,74,94)(H2,75,95)(H2,76,96)(H2,77,97)(H,79,100)(H,80,92)(H,81,101)(H,82,106)(H,83,107)(H,84,108)(H,85,109)(H,86,105)(H,87,102)(H,88,110)(H,89,103)(H,90,104)(H,98,99)/t37-,47+,48+,49+,50+,51+,52+,53+,54+,55+,56+,62+/m1/s1. The fourth-order valence-electron chi connectivity index (χ4n) is 11.6. The van der Waals surface area contributed by atoms with Crippen molar-refractivity contribution in [3.63, 3.8) is 0 Å². The molecule has 0 fully saturated rings. The number of aliphatic hydroxyl groups excluding tert-OH is 1. The molecular weight excluding hydrogens is 1500 g/mol. The number of rotatable bonds is 47. The Hall–Kier alpha value is -11.9. The highest BCUT2D eigenvalue weighted by Gasteiger charge is 2.39. The number of hydrogen-bond donors (Lipinski definition) is 22. The summed E-state index contributed by atoms with van der Waals surface area (Å²) in [6.45, 7) is 5.13. The molecule has 24 N–H and O–H groups in total. The number of carboxylic acid groups (broad SMARTS) is 1. The summed E-state index contributed by atoms with van der Waals surface area (Å²) in [5.41, 5.74) is 23.3. The number of carboxylic acids is 1. The van der Waals surface area contributed by atoms with E-state index >= 15 is 9.59 Å². The average Bonchev–Trinajstić information content (AvgIpc) is 1.61. The Morgan fingerprint density at radius 1 is 0.411 bits per heavy atom. The van der Waals surface area contributed by atoms with Crippen molar-refractivity contribution >= 4 is 147 Å². The SMILES string of the molecule is CC(=O)N[C@@H](CS)C(=O)N[C@@H](CCC(N)=O)C(=O)N[C@H](C(=O)N[C@@H](Cc1c[nH]c2ccccc12)C(=O)N[C@@H](CCC(N)=O)C(=O)N[C@@H](CS)C(=O)N[C@@H](Cc1ccc(O)cc1)C(=O)N[C@@H](Cc1cccc2ccccc12)C(=O)N[C@@H](CCC(C)C)C(=O)N[C@@H](CCC(=O)O)C(=O)N[C@@H](CC(N)=O)C(=O)NCC(N)=O)[C@@H](C)O. The van der Waals surface area contributed by atoms with Crippen molar-refractivity contribution in [3.8, 4) is 5.75 Å². The van der Waals surface area contributed by atoms with E-state index in [2.05, 4.69) is 94.0 Å². The summed E-state index contributed by atoms with van der Waals surface area (Å²) >= 11 is 8.45. The molecule has 112 heavy (non-hydrogen) atoms. The predicted octanol–water partition coefficient (Wildman–Crippen LogP) is -4.04. The van der Waals surface area contributed by atoms with Gasteiger partial charge in [0.25, 0.3) is 0 Å². The summed E-state index contributed by atoms with van der Waals surface area (Å²) in [5.74, 6) is -19.0. The van der Waals surface area contributed by atoms with E-state index in [-0.39, 0.29) is 49.5 Å². The summed E-state index contributed by atoms with van der Waals surface area (Å²) in [5, 5.41) is 62.3. The van der Waals surface area contributed by atoms with Gasteiger partial charge in [-0.05, 0) is 90.6 Å². The number of aliphatic hydroxyl groups is 1. The number of aliphatic carboxylic acids is 1. The van der Waals surface area contributed by atoms with Gasteiger partial charge >= 0.3 is 5.97 Å². The molecule has 0 spiro atoms. The van der Waals surface area contributed by atoms with E-state index in [4.69, 9.17) is 22.9 Å². The molecule has 0 saturated carbocycles. The highest BCUT2D eigenvalue weighted by Crippen LogP contribution is 2.23. The van der Waals surface area contributed by atoms with Crippen molar-refractivity contribution < 1.29 is 96.8 Å². The molecule has 4 aromatic carbocycles. The lowest BCUT2D eigenvalue weighted by Crippen LogP contribution is -2.62. The van der Waals surface area contributed by atoms with Crippen LogP contribution < -0.4 is 86.7 Å². The summed E-state index contributed by atoms with van der Waals surface area (Å²) in [4.78, 5) is 233. The van der Waals surface area contributed by atoms with Crippen LogP contribution in [0.4, 0.5) is 0 Å². The van der Waals surface area contributed by atoms with Gasteiger partial charge in [-0.25, -0.2) is 0 Å². The molecule has 39 heteroatoms. The number of benzene rings is 4. The van der Waals surface area contributed by atoms with Crippen molar-refractivity contribution in [1.29, 1.82) is 0 Å². The molecule has 1 heterocycles. The Morgan fingerprint density at radius 3 is 1.32 bits per heavy atom. The first-order chi connectivity index (χ1) is 53.0. The third-order valence-electron chi connectivity index (χ3n) is 17.5. The van der Waals surface area contributed by atoms with E-state index in [1.165, 1.54) is 30.5 Å². The van der Waals surface area contributed by atoms with Gasteiger partial charge in [-0.2, -0.15) is 25.3 Å². The van der Waals surface area contributed by atoms with Crippen LogP contribution in [0.1, 0.15) is 102 Å². The fraction of sp³-hybridized carbons (Fsp3) is 0.438. The molecule has 0 unspecified atom stereocenters. The number of nitrogens with one attached hydrogen (secondary N) is 13. The second kappa shape index (κ2) is 44.7. The van der Waals surface area contributed by atoms with E-state index in [0.717, 1.165) is 13.8 Å². The van der Waals surface area contributed by atoms with E-state index in [1.54, 1.807) is 80.6 Å². The first-order valence-corrected chi connectivity index (χ1v) is 36.9. The number of carbonyl (C=O) groups excluding carboxylic acids is 16. The lowest BCUT2D eigenvalue weighted by atomic mass is 9.97. The van der Waals surface area contributed by atoms with Crippen LogP contribution in [0.15, 0.2) is 97.2 Å². The van der Waals surface area contributed by atoms with Gasteiger partial charge in [0.1, 0.15) is 72.2 Å². The predicted molar refractivity (Wildman–Crippen MR) is 412 cm³/mol. The van der Waals surface area contributed by atoms with Gasteiger partial charge in [-0.1, -0.05) is 86.6 Å². The first-order valence-electron chi connectivity index (χ1n) is 35.6. The summed E-state index contributed by atoms with van der Waals surface area (Å²) in [7, 11) is 0. The second-order valence-electron chi connectivity index (χ2n) is 26.9. The van der Waals surface area contributed by atoms with Gasteiger partial charge in [-0.15, -0.1) is 0 Å². The third-order valence-corrected chi connectivity index (χ3v) is 18.2. The second-order valence-corrected chi connectivity index (χ2v) is 27.7. The number of aromatic nitrogens is 1. The molecule has 5 aromatic rings. The van der Waals surface area contributed by atoms with E-state index in [0.29, 0.717) is 38.4 Å². The molecule has 1 aromatic heterocycles. The minimum absolute atomic E-state index is 0.132. The van der Waals surface area contributed by atoms with Crippen LogP contribution in [0, 0.1) is 5.92 Å². The number of hydrogen-bond acceptors (Lipinski definition) is 21. The number of nitrogens with two attached hydrogens (primary N) is 4. The van der Waals surface area contributed by atoms with E-state index in [9.17, 15) is 87.2 Å². The van der Waals surface area contributed by atoms with Crippen molar-refractivity contribution in [3.05, 3.63) is 114 Å². The maximum Gasteiger partial charge on any atom is 0.303 e. The number of aromatic amines is 1. The van der Waals surface area contributed by atoms with E-state index < -0.39 is 230 Å².